The third-order valence-corrected chi connectivity index (χ3v) is 4.46. The predicted octanol–water partition coefficient (Wildman–Crippen LogP) is 2.51. The van der Waals surface area contributed by atoms with E-state index in [2.05, 4.69) is 6.92 Å². The maximum atomic E-state index is 10.7. The van der Waals surface area contributed by atoms with Crippen LogP contribution >= 0.6 is 0 Å². The quantitative estimate of drug-likeness (QED) is 0.778. The van der Waals surface area contributed by atoms with Crippen LogP contribution in [0.5, 0.6) is 0 Å². The predicted molar refractivity (Wildman–Crippen MR) is 67.0 cm³/mol. The second kappa shape index (κ2) is 6.17. The lowest BCUT2D eigenvalue weighted by atomic mass is 9.80. The summed E-state index contributed by atoms with van der Waals surface area (Å²) in [5, 5.41) is 10.7. The minimum Gasteiger partial charge on any atom is -0.390 e. The van der Waals surface area contributed by atoms with Crippen LogP contribution in [0.15, 0.2) is 0 Å². The van der Waals surface area contributed by atoms with Gasteiger partial charge in [0, 0.05) is 19.1 Å². The molecule has 3 heteroatoms. The van der Waals surface area contributed by atoms with Crippen molar-refractivity contribution >= 4 is 0 Å². The average Bonchev–Trinajstić information content (AvgIpc) is 3.01. The molecule has 0 amide bonds. The minimum absolute atomic E-state index is 0.344. The molecule has 2 heterocycles. The van der Waals surface area contributed by atoms with Gasteiger partial charge in [0.1, 0.15) is 0 Å². The molecule has 0 aliphatic carbocycles. The van der Waals surface area contributed by atoms with Crippen LogP contribution in [-0.4, -0.2) is 36.6 Å². The van der Waals surface area contributed by atoms with Gasteiger partial charge in [0.15, 0.2) is 0 Å². The summed E-state index contributed by atoms with van der Waals surface area (Å²) in [5.74, 6) is 0.344. The molecule has 0 aromatic rings. The monoisotopic (exact) mass is 242 g/mol. The second-order valence-corrected chi connectivity index (χ2v) is 5.54. The summed E-state index contributed by atoms with van der Waals surface area (Å²) in [7, 11) is 0. The highest BCUT2D eigenvalue weighted by molar-refractivity contribution is 4.87. The van der Waals surface area contributed by atoms with E-state index in [-0.39, 0.29) is 0 Å². The van der Waals surface area contributed by atoms with Gasteiger partial charge in [-0.1, -0.05) is 6.92 Å². The summed E-state index contributed by atoms with van der Waals surface area (Å²) in [4.78, 5) is 0. The number of hydrogen-bond acceptors (Lipinski definition) is 3. The molecule has 2 saturated heterocycles. The summed E-state index contributed by atoms with van der Waals surface area (Å²) >= 11 is 0. The zero-order valence-corrected chi connectivity index (χ0v) is 11.0. The van der Waals surface area contributed by atoms with Gasteiger partial charge in [-0.3, -0.25) is 0 Å². The van der Waals surface area contributed by atoms with Crippen LogP contribution in [0.25, 0.3) is 0 Å². The van der Waals surface area contributed by atoms with Crippen LogP contribution in [-0.2, 0) is 9.47 Å². The number of aliphatic hydroxyl groups is 1. The van der Waals surface area contributed by atoms with E-state index >= 15 is 0 Å². The molecule has 17 heavy (non-hydrogen) atoms. The molecule has 3 atom stereocenters. The van der Waals surface area contributed by atoms with Gasteiger partial charge < -0.3 is 14.6 Å². The molecule has 0 aromatic carbocycles. The van der Waals surface area contributed by atoms with Gasteiger partial charge in [0.05, 0.1) is 18.3 Å². The van der Waals surface area contributed by atoms with Crippen LogP contribution in [0, 0.1) is 5.92 Å². The van der Waals surface area contributed by atoms with Crippen molar-refractivity contribution in [3.8, 4) is 0 Å². The molecule has 1 N–H and O–H groups in total. The summed E-state index contributed by atoms with van der Waals surface area (Å²) in [6, 6.07) is 0. The van der Waals surface area contributed by atoms with Gasteiger partial charge >= 0.3 is 0 Å². The van der Waals surface area contributed by atoms with E-state index in [1.54, 1.807) is 0 Å². The van der Waals surface area contributed by atoms with E-state index in [1.807, 2.05) is 0 Å². The first-order valence-corrected chi connectivity index (χ1v) is 7.16. The molecule has 2 aliphatic rings. The molecule has 0 aromatic heterocycles. The van der Waals surface area contributed by atoms with E-state index in [9.17, 15) is 5.11 Å². The van der Waals surface area contributed by atoms with Crippen LogP contribution in [0.4, 0.5) is 0 Å². The minimum atomic E-state index is -0.505. The van der Waals surface area contributed by atoms with Gasteiger partial charge in [-0.15, -0.1) is 0 Å². The van der Waals surface area contributed by atoms with Crippen molar-refractivity contribution in [3.63, 3.8) is 0 Å². The zero-order chi connectivity index (χ0) is 12.1. The summed E-state index contributed by atoms with van der Waals surface area (Å²) in [5.41, 5.74) is -0.505. The van der Waals surface area contributed by atoms with Gasteiger partial charge in [-0.05, 0) is 44.9 Å². The Morgan fingerprint density at radius 3 is 2.76 bits per heavy atom. The van der Waals surface area contributed by atoms with Crippen LogP contribution in [0.1, 0.15) is 51.9 Å². The lowest BCUT2D eigenvalue weighted by Crippen LogP contribution is -2.37. The highest BCUT2D eigenvalue weighted by atomic mass is 16.5. The normalized spacial score (nSPS) is 32.8. The van der Waals surface area contributed by atoms with Crippen molar-refractivity contribution in [3.05, 3.63) is 0 Å². The third kappa shape index (κ3) is 3.43. The van der Waals surface area contributed by atoms with E-state index < -0.39 is 5.60 Å². The Hall–Kier alpha value is -0.120. The molecular weight excluding hydrogens is 216 g/mol. The van der Waals surface area contributed by atoms with Crippen LogP contribution < -0.4 is 0 Å². The molecule has 2 fully saturated rings. The van der Waals surface area contributed by atoms with Gasteiger partial charge in [-0.2, -0.15) is 0 Å². The fraction of sp³-hybridized carbons (Fsp3) is 1.00. The van der Waals surface area contributed by atoms with Crippen molar-refractivity contribution in [1.29, 1.82) is 0 Å². The van der Waals surface area contributed by atoms with Crippen molar-refractivity contribution < 1.29 is 14.6 Å². The molecule has 2 aliphatic heterocycles. The fourth-order valence-electron chi connectivity index (χ4n) is 3.14. The largest absolute Gasteiger partial charge is 0.390 e. The Morgan fingerprint density at radius 1 is 1.29 bits per heavy atom. The summed E-state index contributed by atoms with van der Waals surface area (Å²) < 4.78 is 11.0. The molecule has 0 spiro atoms. The number of rotatable bonds is 6. The third-order valence-electron chi connectivity index (χ3n) is 4.46. The molecule has 100 valence electrons. The molecule has 0 radical (unpaired) electrons. The SMILES string of the molecule is CCC(O)(CCCC1CCCO1)C1CCOC1. The Balaban J connectivity index is 1.73. The standard InChI is InChI=1S/C14H26O3/c1-2-14(15,12-7-10-16-11-12)8-3-5-13-6-4-9-17-13/h12-13,15H,2-11H2,1H3. The number of hydrogen-bond donors (Lipinski definition) is 1. The van der Waals surface area contributed by atoms with Crippen LogP contribution in [0.3, 0.4) is 0 Å². The van der Waals surface area contributed by atoms with Crippen LogP contribution in [0.2, 0.25) is 0 Å². The first-order chi connectivity index (χ1) is 8.24. The zero-order valence-electron chi connectivity index (χ0n) is 11.0. The summed E-state index contributed by atoms with van der Waals surface area (Å²) in [6.07, 6.45) is 7.81. The molecule has 0 saturated carbocycles. The van der Waals surface area contributed by atoms with Gasteiger partial charge in [-0.25, -0.2) is 0 Å². The van der Waals surface area contributed by atoms with E-state index in [4.69, 9.17) is 9.47 Å². The Labute approximate surface area is 104 Å². The van der Waals surface area contributed by atoms with Crippen molar-refractivity contribution in [2.24, 2.45) is 5.92 Å². The molecule has 2 rings (SSSR count). The maximum Gasteiger partial charge on any atom is 0.0696 e. The molecular formula is C14H26O3. The van der Waals surface area contributed by atoms with Crippen molar-refractivity contribution in [2.45, 2.75) is 63.6 Å². The first kappa shape index (κ1) is 13.3. The van der Waals surface area contributed by atoms with E-state index in [0.717, 1.165) is 51.9 Å². The van der Waals surface area contributed by atoms with Gasteiger partial charge in [0.25, 0.3) is 0 Å². The Bertz CT molecular complexity index is 220. The molecule has 0 bridgehead atoms. The van der Waals surface area contributed by atoms with E-state index in [0.29, 0.717) is 12.0 Å². The molecule has 3 nitrogen and oxygen atoms in total. The first-order valence-electron chi connectivity index (χ1n) is 7.16. The van der Waals surface area contributed by atoms with Gasteiger partial charge in [0.2, 0.25) is 0 Å². The summed E-state index contributed by atoms with van der Waals surface area (Å²) in [6.45, 7) is 4.58. The van der Waals surface area contributed by atoms with Crippen molar-refractivity contribution in [2.75, 3.05) is 19.8 Å². The maximum absolute atomic E-state index is 10.7. The second-order valence-electron chi connectivity index (χ2n) is 5.54. The number of ether oxygens (including phenoxy) is 2. The highest BCUT2D eigenvalue weighted by Gasteiger charge is 2.37. The molecule has 3 unspecified atom stereocenters. The smallest absolute Gasteiger partial charge is 0.0696 e. The van der Waals surface area contributed by atoms with E-state index in [1.165, 1.54) is 12.8 Å². The lowest BCUT2D eigenvalue weighted by Gasteiger charge is -2.32. The van der Waals surface area contributed by atoms with Crippen molar-refractivity contribution in [1.82, 2.24) is 0 Å². The average molecular weight is 242 g/mol. The topological polar surface area (TPSA) is 38.7 Å². The Kier molecular flexibility index (Phi) is 4.83. The highest BCUT2D eigenvalue weighted by Crippen LogP contribution is 2.33. The lowest BCUT2D eigenvalue weighted by molar-refractivity contribution is -0.0364. The Morgan fingerprint density at radius 2 is 2.18 bits per heavy atom. The fourth-order valence-corrected chi connectivity index (χ4v) is 3.14.